The summed E-state index contributed by atoms with van der Waals surface area (Å²) in [5.41, 5.74) is 1.12. The molecule has 5 heteroatoms. The first-order valence-corrected chi connectivity index (χ1v) is 7.33. The first-order valence-electron chi connectivity index (χ1n) is 7.33. The first-order chi connectivity index (χ1) is 9.94. The summed E-state index contributed by atoms with van der Waals surface area (Å²) in [6, 6.07) is 6.35. The topological polar surface area (TPSA) is 18.5 Å². The number of hydrogen-bond acceptors (Lipinski definition) is 2. The second kappa shape index (κ2) is 5.52. The summed E-state index contributed by atoms with van der Waals surface area (Å²) in [6.07, 6.45) is 0.234. The summed E-state index contributed by atoms with van der Waals surface area (Å²) >= 11 is 0. The van der Waals surface area contributed by atoms with Crippen LogP contribution in [0, 0.1) is 11.8 Å². The SMILES string of the molecule is COC1CC2CC(c3ccc(OC(F)(F)F)cc3)CC2C1. The Morgan fingerprint density at radius 3 is 2.00 bits per heavy atom. The van der Waals surface area contributed by atoms with Crippen LogP contribution in [0.2, 0.25) is 0 Å². The van der Waals surface area contributed by atoms with Gasteiger partial charge in [0.05, 0.1) is 6.10 Å². The van der Waals surface area contributed by atoms with Crippen molar-refractivity contribution in [3.63, 3.8) is 0 Å². The van der Waals surface area contributed by atoms with Gasteiger partial charge in [-0.1, -0.05) is 12.1 Å². The highest BCUT2D eigenvalue weighted by Crippen LogP contribution is 2.51. The normalized spacial score (nSPS) is 32.2. The molecule has 116 valence electrons. The summed E-state index contributed by atoms with van der Waals surface area (Å²) in [5, 5.41) is 0. The molecule has 2 fully saturated rings. The minimum atomic E-state index is -4.62. The predicted molar refractivity (Wildman–Crippen MR) is 72.1 cm³/mol. The molecule has 2 unspecified atom stereocenters. The second-order valence-corrected chi connectivity index (χ2v) is 6.13. The van der Waals surface area contributed by atoms with E-state index in [1.54, 1.807) is 19.2 Å². The number of methoxy groups -OCH3 is 1. The molecule has 2 saturated carbocycles. The van der Waals surface area contributed by atoms with Gasteiger partial charge < -0.3 is 9.47 Å². The molecule has 0 radical (unpaired) electrons. The Balaban J connectivity index is 1.62. The van der Waals surface area contributed by atoms with E-state index in [4.69, 9.17) is 4.74 Å². The Labute approximate surface area is 122 Å². The molecule has 0 aromatic heterocycles. The largest absolute Gasteiger partial charge is 0.573 e. The van der Waals surface area contributed by atoms with Crippen LogP contribution in [0.3, 0.4) is 0 Å². The maximum absolute atomic E-state index is 12.1. The number of fused-ring (bicyclic) bond motifs is 1. The lowest BCUT2D eigenvalue weighted by Crippen LogP contribution is -2.17. The van der Waals surface area contributed by atoms with Crippen molar-refractivity contribution in [2.75, 3.05) is 7.11 Å². The average Bonchev–Trinajstić information content (AvgIpc) is 2.95. The first kappa shape index (κ1) is 14.7. The van der Waals surface area contributed by atoms with Crippen LogP contribution in [0.15, 0.2) is 24.3 Å². The highest BCUT2D eigenvalue weighted by molar-refractivity contribution is 5.30. The van der Waals surface area contributed by atoms with Gasteiger partial charge in [-0.15, -0.1) is 13.2 Å². The Kier molecular flexibility index (Phi) is 3.86. The predicted octanol–water partition coefficient (Wildman–Crippen LogP) is 4.50. The second-order valence-electron chi connectivity index (χ2n) is 6.13. The molecule has 1 aromatic carbocycles. The molecular weight excluding hydrogens is 281 g/mol. The molecule has 0 amide bonds. The van der Waals surface area contributed by atoms with Gasteiger partial charge >= 0.3 is 6.36 Å². The zero-order valence-corrected chi connectivity index (χ0v) is 11.9. The summed E-state index contributed by atoms with van der Waals surface area (Å²) < 4.78 is 45.7. The van der Waals surface area contributed by atoms with Crippen molar-refractivity contribution in [2.45, 2.75) is 44.1 Å². The number of benzene rings is 1. The van der Waals surface area contributed by atoms with E-state index in [1.165, 1.54) is 12.1 Å². The lowest BCUT2D eigenvalue weighted by molar-refractivity contribution is -0.274. The van der Waals surface area contributed by atoms with Gasteiger partial charge in [-0.25, -0.2) is 0 Å². The van der Waals surface area contributed by atoms with E-state index in [-0.39, 0.29) is 5.75 Å². The van der Waals surface area contributed by atoms with Crippen molar-refractivity contribution in [2.24, 2.45) is 11.8 Å². The lowest BCUT2D eigenvalue weighted by Gasteiger charge is -2.15. The van der Waals surface area contributed by atoms with Crippen LogP contribution in [0.4, 0.5) is 13.2 Å². The molecule has 0 spiro atoms. The van der Waals surface area contributed by atoms with Crippen molar-refractivity contribution in [1.29, 1.82) is 0 Å². The number of rotatable bonds is 3. The molecule has 2 aliphatic carbocycles. The summed E-state index contributed by atoms with van der Waals surface area (Å²) in [6.45, 7) is 0. The fourth-order valence-corrected chi connectivity index (χ4v) is 3.97. The third-order valence-electron chi connectivity index (χ3n) is 4.89. The smallest absolute Gasteiger partial charge is 0.406 e. The molecule has 3 rings (SSSR count). The fourth-order valence-electron chi connectivity index (χ4n) is 3.97. The van der Waals surface area contributed by atoms with Gasteiger partial charge in [0, 0.05) is 7.11 Å². The van der Waals surface area contributed by atoms with Crippen LogP contribution in [0.5, 0.6) is 5.75 Å². The third kappa shape index (κ3) is 3.34. The Bertz CT molecular complexity index is 469. The van der Waals surface area contributed by atoms with Gasteiger partial charge in [0.25, 0.3) is 0 Å². The minimum absolute atomic E-state index is 0.149. The van der Waals surface area contributed by atoms with Gasteiger partial charge in [0.2, 0.25) is 0 Å². The van der Waals surface area contributed by atoms with E-state index >= 15 is 0 Å². The zero-order chi connectivity index (χ0) is 15.0. The summed E-state index contributed by atoms with van der Waals surface area (Å²) in [5.74, 6) is 1.71. The van der Waals surface area contributed by atoms with Gasteiger partial charge in [0.15, 0.2) is 0 Å². The molecule has 0 heterocycles. The highest BCUT2D eigenvalue weighted by atomic mass is 19.4. The average molecular weight is 300 g/mol. The molecular formula is C16H19F3O2. The highest BCUT2D eigenvalue weighted by Gasteiger charge is 2.42. The maximum atomic E-state index is 12.1. The van der Waals surface area contributed by atoms with E-state index in [0.29, 0.717) is 23.9 Å². The summed E-state index contributed by atoms with van der Waals surface area (Å²) in [4.78, 5) is 0. The lowest BCUT2D eigenvalue weighted by atomic mass is 9.94. The van der Waals surface area contributed by atoms with E-state index < -0.39 is 6.36 Å². The summed E-state index contributed by atoms with van der Waals surface area (Å²) in [7, 11) is 1.77. The van der Waals surface area contributed by atoms with Crippen molar-refractivity contribution >= 4 is 0 Å². The Hall–Kier alpha value is -1.23. The molecule has 0 saturated heterocycles. The van der Waals surface area contributed by atoms with Gasteiger partial charge in [-0.2, -0.15) is 0 Å². The van der Waals surface area contributed by atoms with Crippen molar-refractivity contribution in [3.8, 4) is 5.75 Å². The fraction of sp³-hybridized carbons (Fsp3) is 0.625. The van der Waals surface area contributed by atoms with Gasteiger partial charge in [-0.05, 0) is 61.1 Å². The van der Waals surface area contributed by atoms with Crippen LogP contribution >= 0.6 is 0 Å². The maximum Gasteiger partial charge on any atom is 0.573 e. The molecule has 1 aromatic rings. The van der Waals surface area contributed by atoms with E-state index in [9.17, 15) is 13.2 Å². The quantitative estimate of drug-likeness (QED) is 0.818. The Morgan fingerprint density at radius 1 is 0.952 bits per heavy atom. The molecule has 2 atom stereocenters. The van der Waals surface area contributed by atoms with Crippen molar-refractivity contribution < 1.29 is 22.6 Å². The van der Waals surface area contributed by atoms with Crippen LogP contribution in [-0.4, -0.2) is 19.6 Å². The zero-order valence-electron chi connectivity index (χ0n) is 11.9. The van der Waals surface area contributed by atoms with Crippen LogP contribution < -0.4 is 4.74 Å². The van der Waals surface area contributed by atoms with E-state index in [2.05, 4.69) is 4.74 Å². The van der Waals surface area contributed by atoms with E-state index in [1.807, 2.05) is 0 Å². The van der Waals surface area contributed by atoms with Crippen LogP contribution in [0.25, 0.3) is 0 Å². The van der Waals surface area contributed by atoms with Crippen molar-refractivity contribution in [3.05, 3.63) is 29.8 Å². The molecule has 0 N–H and O–H groups in total. The van der Waals surface area contributed by atoms with Gasteiger partial charge in [-0.3, -0.25) is 0 Å². The molecule has 0 aliphatic heterocycles. The standard InChI is InChI=1S/C16H19F3O2/c1-20-15-8-12-6-11(7-13(12)9-15)10-2-4-14(5-3-10)21-16(17,18)19/h2-5,11-13,15H,6-9H2,1H3. The number of alkyl halides is 3. The third-order valence-corrected chi connectivity index (χ3v) is 4.89. The number of ether oxygens (including phenoxy) is 2. The van der Waals surface area contributed by atoms with Crippen molar-refractivity contribution in [1.82, 2.24) is 0 Å². The Morgan fingerprint density at radius 2 is 1.52 bits per heavy atom. The molecule has 0 bridgehead atoms. The minimum Gasteiger partial charge on any atom is -0.406 e. The van der Waals surface area contributed by atoms with Gasteiger partial charge in [0.1, 0.15) is 5.75 Å². The molecule has 2 nitrogen and oxygen atoms in total. The monoisotopic (exact) mass is 300 g/mol. The number of halogens is 3. The van der Waals surface area contributed by atoms with Crippen LogP contribution in [-0.2, 0) is 4.74 Å². The molecule has 21 heavy (non-hydrogen) atoms. The number of hydrogen-bond donors (Lipinski definition) is 0. The van der Waals surface area contributed by atoms with E-state index in [0.717, 1.165) is 31.2 Å². The molecule has 2 aliphatic rings. The van der Waals surface area contributed by atoms with Crippen LogP contribution in [0.1, 0.15) is 37.2 Å².